The fraction of sp³-hybridized carbons (Fsp3) is 1.00. The molecular formula is C11H25NO2S. The molecule has 0 aliphatic carbocycles. The molecule has 15 heavy (non-hydrogen) atoms. The van der Waals surface area contributed by atoms with Crippen LogP contribution in [0.15, 0.2) is 0 Å². The van der Waals surface area contributed by atoms with Crippen LogP contribution in [-0.2, 0) is 10.0 Å². The Bertz CT molecular complexity index is 237. The van der Waals surface area contributed by atoms with Crippen molar-refractivity contribution in [2.45, 2.75) is 52.9 Å². The summed E-state index contributed by atoms with van der Waals surface area (Å²) in [5.41, 5.74) is 0. The van der Waals surface area contributed by atoms with Crippen molar-refractivity contribution in [1.29, 1.82) is 0 Å². The molecule has 0 rings (SSSR count). The molecule has 0 heterocycles. The highest BCUT2D eigenvalue weighted by Gasteiger charge is 2.12. The van der Waals surface area contributed by atoms with E-state index in [1.54, 1.807) is 0 Å². The Morgan fingerprint density at radius 2 is 1.80 bits per heavy atom. The third-order valence-electron chi connectivity index (χ3n) is 2.61. The minimum Gasteiger partial charge on any atom is -0.215 e. The summed E-state index contributed by atoms with van der Waals surface area (Å²) >= 11 is 0. The highest BCUT2D eigenvalue weighted by molar-refractivity contribution is 7.89. The van der Waals surface area contributed by atoms with E-state index in [-0.39, 0.29) is 5.75 Å². The molecule has 0 amide bonds. The van der Waals surface area contributed by atoms with Crippen LogP contribution in [0.25, 0.3) is 0 Å². The van der Waals surface area contributed by atoms with Gasteiger partial charge in [0, 0.05) is 6.54 Å². The van der Waals surface area contributed by atoms with Gasteiger partial charge in [-0.25, -0.2) is 13.1 Å². The maximum Gasteiger partial charge on any atom is 0.211 e. The standard InChI is InChI=1S/C11H25NO2S/c1-4-7-8-11(6-3)10-12-15(13,14)9-5-2/h11-12H,4-10H2,1-3H3. The van der Waals surface area contributed by atoms with Gasteiger partial charge in [0.2, 0.25) is 10.0 Å². The molecule has 0 saturated carbocycles. The first-order valence-corrected chi connectivity index (χ1v) is 7.68. The fourth-order valence-corrected chi connectivity index (χ4v) is 2.70. The van der Waals surface area contributed by atoms with Crippen molar-refractivity contribution >= 4 is 10.0 Å². The fourth-order valence-electron chi connectivity index (χ4n) is 1.53. The monoisotopic (exact) mass is 235 g/mol. The van der Waals surface area contributed by atoms with Gasteiger partial charge in [-0.05, 0) is 18.8 Å². The predicted octanol–water partition coefficient (Wildman–Crippen LogP) is 2.53. The van der Waals surface area contributed by atoms with Crippen LogP contribution in [-0.4, -0.2) is 20.7 Å². The van der Waals surface area contributed by atoms with Crippen LogP contribution in [0, 0.1) is 5.92 Å². The van der Waals surface area contributed by atoms with Crippen LogP contribution >= 0.6 is 0 Å². The van der Waals surface area contributed by atoms with Gasteiger partial charge in [-0.15, -0.1) is 0 Å². The van der Waals surface area contributed by atoms with Gasteiger partial charge >= 0.3 is 0 Å². The summed E-state index contributed by atoms with van der Waals surface area (Å²) in [5.74, 6) is 0.744. The summed E-state index contributed by atoms with van der Waals surface area (Å²) in [4.78, 5) is 0. The molecule has 0 aliphatic rings. The summed E-state index contributed by atoms with van der Waals surface area (Å²) in [6.07, 6.45) is 5.23. The van der Waals surface area contributed by atoms with Gasteiger partial charge < -0.3 is 0 Å². The van der Waals surface area contributed by atoms with Gasteiger partial charge in [-0.2, -0.15) is 0 Å². The highest BCUT2D eigenvalue weighted by Crippen LogP contribution is 2.11. The first-order chi connectivity index (χ1) is 7.05. The number of hydrogen-bond acceptors (Lipinski definition) is 2. The lowest BCUT2D eigenvalue weighted by molar-refractivity contribution is 0.443. The zero-order chi connectivity index (χ0) is 11.7. The van der Waals surface area contributed by atoms with Gasteiger partial charge in [0.15, 0.2) is 0 Å². The molecule has 4 heteroatoms. The molecule has 92 valence electrons. The molecule has 0 radical (unpaired) electrons. The lowest BCUT2D eigenvalue weighted by atomic mass is 10.00. The zero-order valence-corrected chi connectivity index (χ0v) is 11.1. The number of unbranched alkanes of at least 4 members (excludes halogenated alkanes) is 1. The van der Waals surface area contributed by atoms with E-state index in [1.165, 1.54) is 12.8 Å². The van der Waals surface area contributed by atoms with E-state index in [1.807, 2.05) is 6.92 Å². The highest BCUT2D eigenvalue weighted by atomic mass is 32.2. The molecule has 0 aromatic carbocycles. The maximum absolute atomic E-state index is 11.4. The van der Waals surface area contributed by atoms with Crippen LogP contribution in [0.3, 0.4) is 0 Å². The van der Waals surface area contributed by atoms with E-state index in [4.69, 9.17) is 0 Å². The van der Waals surface area contributed by atoms with Crippen molar-refractivity contribution in [1.82, 2.24) is 4.72 Å². The van der Waals surface area contributed by atoms with Crippen molar-refractivity contribution in [2.24, 2.45) is 5.92 Å². The van der Waals surface area contributed by atoms with E-state index in [0.29, 0.717) is 18.9 Å². The normalized spacial score (nSPS) is 14.1. The Labute approximate surface area is 94.7 Å². The van der Waals surface area contributed by atoms with Gasteiger partial charge in [0.25, 0.3) is 0 Å². The molecule has 1 N–H and O–H groups in total. The molecule has 0 aliphatic heterocycles. The SMILES string of the molecule is CCCCC(CC)CNS(=O)(=O)CCC. The summed E-state index contributed by atoms with van der Waals surface area (Å²) in [6, 6.07) is 0. The summed E-state index contributed by atoms with van der Waals surface area (Å²) in [5, 5.41) is 0. The van der Waals surface area contributed by atoms with E-state index >= 15 is 0 Å². The summed E-state index contributed by atoms with van der Waals surface area (Å²) < 4.78 is 25.5. The van der Waals surface area contributed by atoms with Crippen LogP contribution < -0.4 is 4.72 Å². The molecule has 0 fully saturated rings. The first kappa shape index (κ1) is 14.9. The number of nitrogens with one attached hydrogen (secondary N) is 1. The van der Waals surface area contributed by atoms with Gasteiger partial charge in [0.05, 0.1) is 5.75 Å². The topological polar surface area (TPSA) is 46.2 Å². The first-order valence-electron chi connectivity index (χ1n) is 6.03. The average Bonchev–Trinajstić information content (AvgIpc) is 2.18. The van der Waals surface area contributed by atoms with Crippen molar-refractivity contribution in [2.75, 3.05) is 12.3 Å². The molecule has 1 atom stereocenters. The third-order valence-corrected chi connectivity index (χ3v) is 4.16. The van der Waals surface area contributed by atoms with E-state index in [2.05, 4.69) is 18.6 Å². The minimum atomic E-state index is -3.01. The third kappa shape index (κ3) is 7.79. The molecule has 0 bridgehead atoms. The summed E-state index contributed by atoms with van der Waals surface area (Å²) in [7, 11) is -3.01. The van der Waals surface area contributed by atoms with Crippen LogP contribution in [0.5, 0.6) is 0 Å². The van der Waals surface area contributed by atoms with Crippen LogP contribution in [0.4, 0.5) is 0 Å². The second-order valence-corrected chi connectivity index (χ2v) is 6.01. The minimum absolute atomic E-state index is 0.247. The second kappa shape index (κ2) is 8.11. The van der Waals surface area contributed by atoms with Crippen molar-refractivity contribution in [3.05, 3.63) is 0 Å². The Morgan fingerprint density at radius 1 is 1.13 bits per heavy atom. The van der Waals surface area contributed by atoms with Crippen LogP contribution in [0.2, 0.25) is 0 Å². The van der Waals surface area contributed by atoms with E-state index in [9.17, 15) is 8.42 Å². The average molecular weight is 235 g/mol. The van der Waals surface area contributed by atoms with Crippen molar-refractivity contribution < 1.29 is 8.42 Å². The molecule has 1 unspecified atom stereocenters. The van der Waals surface area contributed by atoms with Crippen molar-refractivity contribution in [3.8, 4) is 0 Å². The molecular weight excluding hydrogens is 210 g/mol. The van der Waals surface area contributed by atoms with Crippen molar-refractivity contribution in [3.63, 3.8) is 0 Å². The quantitative estimate of drug-likeness (QED) is 0.667. The maximum atomic E-state index is 11.4. The Kier molecular flexibility index (Phi) is 8.06. The Morgan fingerprint density at radius 3 is 2.27 bits per heavy atom. The lowest BCUT2D eigenvalue weighted by Gasteiger charge is -2.15. The van der Waals surface area contributed by atoms with Gasteiger partial charge in [0.1, 0.15) is 0 Å². The molecule has 0 spiro atoms. The predicted molar refractivity (Wildman–Crippen MR) is 65.4 cm³/mol. The molecule has 3 nitrogen and oxygen atoms in total. The zero-order valence-electron chi connectivity index (χ0n) is 10.3. The lowest BCUT2D eigenvalue weighted by Crippen LogP contribution is -2.31. The number of rotatable bonds is 9. The molecule has 0 aromatic heterocycles. The molecule has 0 aromatic rings. The second-order valence-electron chi connectivity index (χ2n) is 4.08. The number of hydrogen-bond donors (Lipinski definition) is 1. The van der Waals surface area contributed by atoms with Gasteiger partial charge in [-0.3, -0.25) is 0 Å². The number of sulfonamides is 1. The van der Waals surface area contributed by atoms with Gasteiger partial charge in [-0.1, -0.05) is 40.0 Å². The van der Waals surface area contributed by atoms with Crippen LogP contribution in [0.1, 0.15) is 52.9 Å². The largest absolute Gasteiger partial charge is 0.215 e. The Hall–Kier alpha value is -0.0900. The van der Waals surface area contributed by atoms with E-state index < -0.39 is 10.0 Å². The summed E-state index contributed by atoms with van der Waals surface area (Å²) in [6.45, 7) is 6.77. The smallest absolute Gasteiger partial charge is 0.211 e. The van der Waals surface area contributed by atoms with E-state index in [0.717, 1.165) is 12.8 Å². The Balaban J connectivity index is 3.89. The molecule has 0 saturated heterocycles.